The molecule has 1 heterocycles. The number of ether oxygens (including phenoxy) is 1. The Labute approximate surface area is 137 Å². The molecule has 0 aromatic heterocycles. The van der Waals surface area contributed by atoms with Gasteiger partial charge in [-0.1, -0.05) is 11.6 Å². The summed E-state index contributed by atoms with van der Waals surface area (Å²) in [6.45, 7) is 0. The highest BCUT2D eigenvalue weighted by Crippen LogP contribution is 2.37. The maximum Gasteiger partial charge on any atom is 0.307 e. The summed E-state index contributed by atoms with van der Waals surface area (Å²) in [5.74, 6) is -0.849. The average molecular weight is 333 g/mol. The average Bonchev–Trinajstić information content (AvgIpc) is 2.61. The van der Waals surface area contributed by atoms with E-state index in [2.05, 4.69) is 10.6 Å². The lowest BCUT2D eigenvalue weighted by Gasteiger charge is -2.14. The van der Waals surface area contributed by atoms with Crippen LogP contribution in [-0.4, -0.2) is 24.1 Å². The monoisotopic (exact) mass is 332 g/mol. The number of carbonyl (C=O) groups excluding carboxylic acids is 1. The van der Waals surface area contributed by atoms with Gasteiger partial charge in [0, 0.05) is 16.7 Å². The number of nitrogens with one attached hydrogen (secondary N) is 2. The van der Waals surface area contributed by atoms with Crippen LogP contribution in [0.2, 0.25) is 5.02 Å². The first-order valence-electron chi connectivity index (χ1n) is 6.78. The molecular formula is C16H13ClN2O4. The number of benzene rings is 2. The Bertz CT molecular complexity index is 820. The van der Waals surface area contributed by atoms with Gasteiger partial charge < -0.3 is 20.5 Å². The predicted molar refractivity (Wildman–Crippen MR) is 87.0 cm³/mol. The van der Waals surface area contributed by atoms with Gasteiger partial charge in [-0.2, -0.15) is 0 Å². The zero-order valence-electron chi connectivity index (χ0n) is 12.1. The summed E-state index contributed by atoms with van der Waals surface area (Å²) in [4.78, 5) is 23.3. The van der Waals surface area contributed by atoms with Crippen LogP contribution in [0.3, 0.4) is 0 Å². The molecule has 1 amide bonds. The number of fused-ring (bicyclic) bond motifs is 2. The molecule has 118 valence electrons. The first kappa shape index (κ1) is 15.2. The lowest BCUT2D eigenvalue weighted by atomic mass is 10.1. The first-order valence-corrected chi connectivity index (χ1v) is 7.16. The Morgan fingerprint density at radius 3 is 2.61 bits per heavy atom. The summed E-state index contributed by atoms with van der Waals surface area (Å²) >= 11 is 5.98. The molecule has 23 heavy (non-hydrogen) atoms. The van der Waals surface area contributed by atoms with Crippen LogP contribution in [0.15, 0.2) is 30.3 Å². The topological polar surface area (TPSA) is 87.7 Å². The lowest BCUT2D eigenvalue weighted by molar-refractivity contribution is -0.136. The molecule has 7 heteroatoms. The summed E-state index contributed by atoms with van der Waals surface area (Å²) in [5, 5.41) is 15.4. The highest BCUT2D eigenvalue weighted by atomic mass is 35.5. The summed E-state index contributed by atoms with van der Waals surface area (Å²) in [6.07, 6.45) is -0.186. The van der Waals surface area contributed by atoms with E-state index in [0.29, 0.717) is 39.0 Å². The van der Waals surface area contributed by atoms with Gasteiger partial charge in [0.25, 0.3) is 5.91 Å². The summed E-state index contributed by atoms with van der Waals surface area (Å²) in [6, 6.07) is 8.16. The number of amides is 1. The van der Waals surface area contributed by atoms with E-state index in [0.717, 1.165) is 0 Å². The number of rotatable bonds is 3. The van der Waals surface area contributed by atoms with Gasteiger partial charge in [0.05, 0.1) is 36.2 Å². The van der Waals surface area contributed by atoms with E-state index in [1.807, 2.05) is 0 Å². The van der Waals surface area contributed by atoms with E-state index < -0.39 is 5.97 Å². The van der Waals surface area contributed by atoms with Crippen LogP contribution in [0.5, 0.6) is 5.75 Å². The molecule has 3 N–H and O–H groups in total. The Hall–Kier alpha value is -2.73. The number of anilines is 3. The fourth-order valence-corrected chi connectivity index (χ4v) is 2.65. The highest BCUT2D eigenvalue weighted by Gasteiger charge is 2.21. The number of carboxylic acids is 1. The fourth-order valence-electron chi connectivity index (χ4n) is 2.48. The summed E-state index contributed by atoms with van der Waals surface area (Å²) in [7, 11) is 1.45. The fraction of sp³-hybridized carbons (Fsp3) is 0.125. The zero-order chi connectivity index (χ0) is 16.6. The van der Waals surface area contributed by atoms with E-state index >= 15 is 0 Å². The molecule has 2 aromatic rings. The van der Waals surface area contributed by atoms with Crippen molar-refractivity contribution in [2.45, 2.75) is 6.42 Å². The van der Waals surface area contributed by atoms with Crippen LogP contribution in [-0.2, 0) is 11.2 Å². The second kappa shape index (κ2) is 5.81. The zero-order valence-corrected chi connectivity index (χ0v) is 12.9. The van der Waals surface area contributed by atoms with Crippen molar-refractivity contribution in [3.63, 3.8) is 0 Å². The molecule has 2 aromatic carbocycles. The van der Waals surface area contributed by atoms with Crippen molar-refractivity contribution in [3.8, 4) is 5.75 Å². The van der Waals surface area contributed by atoms with Crippen molar-refractivity contribution in [1.82, 2.24) is 0 Å². The maximum absolute atomic E-state index is 12.3. The number of carbonyl (C=O) groups is 2. The molecule has 0 atom stereocenters. The molecule has 1 aliphatic rings. The van der Waals surface area contributed by atoms with Crippen LogP contribution in [0, 0.1) is 0 Å². The van der Waals surface area contributed by atoms with Gasteiger partial charge >= 0.3 is 5.97 Å². The number of hydrogen-bond donors (Lipinski definition) is 3. The van der Waals surface area contributed by atoms with Crippen LogP contribution in [0.1, 0.15) is 15.9 Å². The van der Waals surface area contributed by atoms with E-state index in [1.54, 1.807) is 30.3 Å². The van der Waals surface area contributed by atoms with Crippen molar-refractivity contribution < 1.29 is 19.4 Å². The van der Waals surface area contributed by atoms with E-state index in [1.165, 1.54) is 7.11 Å². The summed E-state index contributed by atoms with van der Waals surface area (Å²) < 4.78 is 5.22. The molecule has 0 bridgehead atoms. The molecule has 0 unspecified atom stereocenters. The van der Waals surface area contributed by atoms with Crippen LogP contribution in [0.25, 0.3) is 0 Å². The number of methoxy groups -OCH3 is 1. The van der Waals surface area contributed by atoms with E-state index in [-0.39, 0.29) is 12.3 Å². The molecule has 1 aliphatic heterocycles. The Balaban J connectivity index is 2.12. The van der Waals surface area contributed by atoms with Crippen LogP contribution in [0.4, 0.5) is 17.1 Å². The summed E-state index contributed by atoms with van der Waals surface area (Å²) in [5.41, 5.74) is 2.60. The van der Waals surface area contributed by atoms with Crippen molar-refractivity contribution in [2.24, 2.45) is 0 Å². The minimum absolute atomic E-state index is 0.186. The minimum Gasteiger partial charge on any atom is -0.496 e. The third-order valence-corrected chi connectivity index (χ3v) is 3.74. The minimum atomic E-state index is -0.968. The Morgan fingerprint density at radius 2 is 1.91 bits per heavy atom. The first-order chi connectivity index (χ1) is 11.0. The number of aliphatic carboxylic acids is 1. The van der Waals surface area contributed by atoms with Crippen molar-refractivity contribution in [2.75, 3.05) is 17.7 Å². The lowest BCUT2D eigenvalue weighted by Crippen LogP contribution is -2.11. The highest BCUT2D eigenvalue weighted by molar-refractivity contribution is 6.31. The van der Waals surface area contributed by atoms with Crippen LogP contribution < -0.4 is 15.4 Å². The molecule has 0 radical (unpaired) electrons. The van der Waals surface area contributed by atoms with E-state index in [4.69, 9.17) is 21.4 Å². The molecular weight excluding hydrogens is 320 g/mol. The SMILES string of the molecule is COc1cc2c(cc1CC(=O)O)Nc1cc(Cl)ccc1C(=O)N2. The number of hydrogen-bond acceptors (Lipinski definition) is 4. The van der Waals surface area contributed by atoms with Crippen molar-refractivity contribution in [1.29, 1.82) is 0 Å². The van der Waals surface area contributed by atoms with Gasteiger partial charge in [-0.05, 0) is 24.3 Å². The number of halogens is 1. The number of carboxylic acid groups (broad SMARTS) is 1. The molecule has 0 spiro atoms. The molecule has 0 saturated carbocycles. The van der Waals surface area contributed by atoms with Gasteiger partial charge in [-0.3, -0.25) is 9.59 Å². The Kier molecular flexibility index (Phi) is 3.83. The van der Waals surface area contributed by atoms with Crippen molar-refractivity contribution >= 4 is 40.5 Å². The largest absolute Gasteiger partial charge is 0.496 e. The molecule has 3 rings (SSSR count). The van der Waals surface area contributed by atoms with Gasteiger partial charge in [-0.15, -0.1) is 0 Å². The third-order valence-electron chi connectivity index (χ3n) is 3.51. The molecule has 6 nitrogen and oxygen atoms in total. The van der Waals surface area contributed by atoms with Crippen LogP contribution >= 0.6 is 11.6 Å². The molecule has 0 fully saturated rings. The van der Waals surface area contributed by atoms with Gasteiger partial charge in [0.15, 0.2) is 0 Å². The normalized spacial score (nSPS) is 12.3. The smallest absolute Gasteiger partial charge is 0.307 e. The van der Waals surface area contributed by atoms with Gasteiger partial charge in [0.2, 0.25) is 0 Å². The molecule has 0 aliphatic carbocycles. The second-order valence-corrected chi connectivity index (χ2v) is 5.49. The van der Waals surface area contributed by atoms with Crippen molar-refractivity contribution in [3.05, 3.63) is 46.5 Å². The predicted octanol–water partition coefficient (Wildman–Crippen LogP) is 3.29. The van der Waals surface area contributed by atoms with E-state index in [9.17, 15) is 9.59 Å². The Morgan fingerprint density at radius 1 is 1.17 bits per heavy atom. The standard InChI is InChI=1S/C16H13ClN2O4/c1-23-14-7-13-12(4-8(14)5-15(20)21)18-11-6-9(17)2-3-10(11)16(22)19-13/h2-4,6-7,18H,5H2,1H3,(H,19,22)(H,20,21). The maximum atomic E-state index is 12.3. The molecule has 0 saturated heterocycles. The van der Waals surface area contributed by atoms with Gasteiger partial charge in [0.1, 0.15) is 5.75 Å². The third kappa shape index (κ3) is 2.93. The second-order valence-electron chi connectivity index (χ2n) is 5.05. The van der Waals surface area contributed by atoms with Gasteiger partial charge in [-0.25, -0.2) is 0 Å². The quantitative estimate of drug-likeness (QED) is 0.802.